The topological polar surface area (TPSA) is 189 Å². The molecule has 33 heavy (non-hydrogen) atoms. The number of phenolic OH excluding ortho intramolecular Hbond substituents is 3. The van der Waals surface area contributed by atoms with Gasteiger partial charge in [-0.1, -0.05) is 0 Å². The van der Waals surface area contributed by atoms with Gasteiger partial charge in [-0.15, -0.1) is 0 Å². The lowest BCUT2D eigenvalue weighted by Gasteiger charge is -2.18. The van der Waals surface area contributed by atoms with Gasteiger partial charge in [0.25, 0.3) is 5.75 Å². The second kappa shape index (κ2) is 8.77. The molecule has 1 aliphatic heterocycles. The highest BCUT2D eigenvalue weighted by molar-refractivity contribution is 5.88. The van der Waals surface area contributed by atoms with E-state index in [1.165, 1.54) is 12.1 Å². The fourth-order valence-electron chi connectivity index (χ4n) is 3.45. The van der Waals surface area contributed by atoms with Gasteiger partial charge in [0.1, 0.15) is 40.8 Å². The first kappa shape index (κ1) is 22.6. The van der Waals surface area contributed by atoms with Crippen LogP contribution in [0.5, 0.6) is 28.7 Å². The van der Waals surface area contributed by atoms with Crippen molar-refractivity contribution in [1.82, 2.24) is 0 Å². The van der Waals surface area contributed by atoms with Gasteiger partial charge in [0.15, 0.2) is 17.3 Å². The molecule has 12 nitrogen and oxygen atoms in total. The maximum absolute atomic E-state index is 13.3. The molecule has 0 radical (unpaired) electrons. The SMILES string of the molecule is COOc1c(-c2ccc(O)c(O)c2)oc2cc(O)cc(OC3OC(CO)C(O)C3O)c2c1=O. The highest BCUT2D eigenvalue weighted by Crippen LogP contribution is 2.39. The summed E-state index contributed by atoms with van der Waals surface area (Å²) in [7, 11) is 1.15. The first-order chi connectivity index (χ1) is 15.7. The second-order valence-electron chi connectivity index (χ2n) is 7.18. The molecule has 0 saturated carbocycles. The fraction of sp³-hybridized carbons (Fsp3) is 0.286. The summed E-state index contributed by atoms with van der Waals surface area (Å²) in [6.07, 6.45) is -5.59. The molecule has 0 amide bonds. The summed E-state index contributed by atoms with van der Waals surface area (Å²) in [5.41, 5.74) is -0.819. The number of rotatable bonds is 6. The van der Waals surface area contributed by atoms with Gasteiger partial charge >= 0.3 is 0 Å². The Morgan fingerprint density at radius 3 is 2.42 bits per heavy atom. The fourth-order valence-corrected chi connectivity index (χ4v) is 3.45. The number of aliphatic hydroxyl groups is 3. The summed E-state index contributed by atoms with van der Waals surface area (Å²) in [6, 6.07) is 5.84. The van der Waals surface area contributed by atoms with Gasteiger partial charge in [0, 0.05) is 17.7 Å². The van der Waals surface area contributed by atoms with Crippen LogP contribution in [0.2, 0.25) is 0 Å². The van der Waals surface area contributed by atoms with Crippen molar-refractivity contribution in [2.75, 3.05) is 13.7 Å². The molecule has 1 saturated heterocycles. The monoisotopic (exact) mass is 464 g/mol. The Balaban J connectivity index is 1.88. The van der Waals surface area contributed by atoms with Crippen LogP contribution in [-0.4, -0.2) is 69.0 Å². The molecule has 4 rings (SSSR count). The molecule has 2 aromatic carbocycles. The van der Waals surface area contributed by atoms with Crippen LogP contribution in [0.15, 0.2) is 39.5 Å². The van der Waals surface area contributed by atoms with Crippen molar-refractivity contribution in [3.63, 3.8) is 0 Å². The molecular weight excluding hydrogens is 444 g/mol. The second-order valence-corrected chi connectivity index (χ2v) is 7.18. The molecule has 2 heterocycles. The van der Waals surface area contributed by atoms with Gasteiger partial charge in [-0.25, -0.2) is 0 Å². The van der Waals surface area contributed by atoms with E-state index in [0.717, 1.165) is 25.3 Å². The molecule has 1 fully saturated rings. The lowest BCUT2D eigenvalue weighted by atomic mass is 10.1. The van der Waals surface area contributed by atoms with E-state index in [2.05, 4.69) is 4.89 Å². The molecule has 12 heteroatoms. The van der Waals surface area contributed by atoms with Crippen LogP contribution >= 0.6 is 0 Å². The predicted octanol–water partition coefficient (Wildman–Crippen LogP) is 0.335. The zero-order valence-electron chi connectivity index (χ0n) is 17.0. The highest BCUT2D eigenvalue weighted by Gasteiger charge is 2.44. The lowest BCUT2D eigenvalue weighted by molar-refractivity contribution is -0.179. The quantitative estimate of drug-likeness (QED) is 0.167. The molecule has 0 spiro atoms. The molecule has 1 aromatic heterocycles. The molecular formula is C21H20O12. The number of hydrogen-bond donors (Lipinski definition) is 6. The van der Waals surface area contributed by atoms with Crippen molar-refractivity contribution in [2.45, 2.75) is 24.6 Å². The highest BCUT2D eigenvalue weighted by atomic mass is 17.2. The summed E-state index contributed by atoms with van der Waals surface area (Å²) in [6.45, 7) is -0.588. The summed E-state index contributed by atoms with van der Waals surface area (Å²) in [5.74, 6) is -2.14. The third-order valence-electron chi connectivity index (χ3n) is 5.05. The largest absolute Gasteiger partial charge is 0.508 e. The Hall–Kier alpha value is -3.55. The van der Waals surface area contributed by atoms with Gasteiger partial charge in [-0.3, -0.25) is 4.79 Å². The molecule has 4 atom stereocenters. The van der Waals surface area contributed by atoms with Crippen LogP contribution in [0.25, 0.3) is 22.3 Å². The average molecular weight is 464 g/mol. The number of aromatic hydroxyl groups is 3. The van der Waals surface area contributed by atoms with Crippen LogP contribution in [0.4, 0.5) is 0 Å². The molecule has 4 unspecified atom stereocenters. The van der Waals surface area contributed by atoms with Gasteiger partial charge < -0.3 is 49.4 Å². The number of aliphatic hydroxyl groups excluding tert-OH is 3. The number of benzene rings is 2. The van der Waals surface area contributed by atoms with E-state index in [0.29, 0.717) is 0 Å². The molecule has 6 N–H and O–H groups in total. The van der Waals surface area contributed by atoms with E-state index in [-0.39, 0.29) is 33.8 Å². The Kier molecular flexibility index (Phi) is 6.01. The van der Waals surface area contributed by atoms with Gasteiger partial charge in [0.2, 0.25) is 11.7 Å². The summed E-state index contributed by atoms with van der Waals surface area (Å²) in [5, 5.41) is 58.6. The van der Waals surface area contributed by atoms with Crippen LogP contribution in [0.3, 0.4) is 0 Å². The van der Waals surface area contributed by atoms with Crippen molar-refractivity contribution in [1.29, 1.82) is 0 Å². The van der Waals surface area contributed by atoms with Crippen LogP contribution in [-0.2, 0) is 9.62 Å². The maximum Gasteiger partial charge on any atom is 0.256 e. The van der Waals surface area contributed by atoms with Crippen molar-refractivity contribution < 1.29 is 54.3 Å². The zero-order chi connectivity index (χ0) is 23.9. The van der Waals surface area contributed by atoms with Crippen molar-refractivity contribution in [2.24, 2.45) is 0 Å². The minimum Gasteiger partial charge on any atom is -0.508 e. The predicted molar refractivity (Wildman–Crippen MR) is 109 cm³/mol. The first-order valence-corrected chi connectivity index (χ1v) is 9.61. The van der Waals surface area contributed by atoms with Crippen molar-refractivity contribution >= 4 is 11.0 Å². The Morgan fingerprint density at radius 2 is 1.79 bits per heavy atom. The average Bonchev–Trinajstić information content (AvgIpc) is 3.05. The number of hydrogen-bond acceptors (Lipinski definition) is 12. The molecule has 0 aliphatic carbocycles. The standard InChI is InChI=1S/C21H20O12/c1-29-33-20-17(27)15-12(30-19(20)8-2-3-10(24)11(25)4-8)5-9(23)6-13(15)31-21-18(28)16(26)14(7-22)32-21/h2-6,14,16,18,21-26,28H,7H2,1H3. The number of fused-ring (bicyclic) bond motifs is 1. The Bertz CT molecular complexity index is 1240. The number of phenols is 3. The van der Waals surface area contributed by atoms with Gasteiger partial charge in [-0.05, 0) is 18.2 Å². The third-order valence-corrected chi connectivity index (χ3v) is 5.05. The minimum atomic E-state index is -1.56. The smallest absolute Gasteiger partial charge is 0.256 e. The summed E-state index contributed by atoms with van der Waals surface area (Å²) < 4.78 is 16.6. The molecule has 0 bridgehead atoms. The first-order valence-electron chi connectivity index (χ1n) is 9.61. The van der Waals surface area contributed by atoms with Gasteiger partial charge in [0.05, 0.1) is 13.7 Å². The van der Waals surface area contributed by atoms with Crippen molar-refractivity contribution in [3.8, 4) is 40.1 Å². The Morgan fingerprint density at radius 1 is 1.03 bits per heavy atom. The van der Waals surface area contributed by atoms with E-state index in [9.17, 15) is 35.4 Å². The van der Waals surface area contributed by atoms with Crippen LogP contribution < -0.4 is 15.1 Å². The van der Waals surface area contributed by atoms with Crippen LogP contribution in [0.1, 0.15) is 0 Å². The summed E-state index contributed by atoms with van der Waals surface area (Å²) in [4.78, 5) is 23.0. The van der Waals surface area contributed by atoms with E-state index >= 15 is 0 Å². The summed E-state index contributed by atoms with van der Waals surface area (Å²) >= 11 is 0. The van der Waals surface area contributed by atoms with Crippen molar-refractivity contribution in [3.05, 3.63) is 40.6 Å². The van der Waals surface area contributed by atoms with E-state index in [1.807, 2.05) is 0 Å². The van der Waals surface area contributed by atoms with E-state index in [4.69, 9.17) is 18.8 Å². The van der Waals surface area contributed by atoms with Gasteiger partial charge in [-0.2, -0.15) is 4.89 Å². The van der Waals surface area contributed by atoms with Crippen LogP contribution in [0, 0.1) is 0 Å². The molecule has 176 valence electrons. The maximum atomic E-state index is 13.3. The minimum absolute atomic E-state index is 0.144. The lowest BCUT2D eigenvalue weighted by Crippen LogP contribution is -2.35. The van der Waals surface area contributed by atoms with E-state index in [1.54, 1.807) is 0 Å². The molecule has 3 aromatic rings. The Labute approximate surface area is 184 Å². The molecule has 1 aliphatic rings. The zero-order valence-corrected chi connectivity index (χ0v) is 17.0. The van der Waals surface area contributed by atoms with E-state index < -0.39 is 53.9 Å². The third kappa shape index (κ3) is 4.01. The number of ether oxygens (including phenoxy) is 2. The normalized spacial score (nSPS) is 22.5.